The number of carbonyl (C=O) groups excluding carboxylic acids is 1. The fourth-order valence-electron chi connectivity index (χ4n) is 1.55. The minimum Gasteiger partial charge on any atom is -0.465 e. The molecule has 0 aromatic heterocycles. The molecule has 0 heterocycles. The third-order valence-electron chi connectivity index (χ3n) is 2.60. The molecule has 0 unspecified atom stereocenters. The molecular weight excluding hydrogens is 264 g/mol. The quantitative estimate of drug-likeness (QED) is 0.635. The van der Waals surface area contributed by atoms with Gasteiger partial charge in [-0.2, -0.15) is 0 Å². The van der Waals surface area contributed by atoms with Crippen molar-refractivity contribution in [3.8, 4) is 0 Å². The van der Waals surface area contributed by atoms with Gasteiger partial charge in [0.15, 0.2) is 0 Å². The number of benzene rings is 2. The van der Waals surface area contributed by atoms with Crippen LogP contribution in [-0.4, -0.2) is 19.3 Å². The summed E-state index contributed by atoms with van der Waals surface area (Å²) in [4.78, 5) is 15.3. The maximum atomic E-state index is 13.4. The summed E-state index contributed by atoms with van der Waals surface area (Å²) in [6.45, 7) is 0. The molecule has 0 N–H and O–H groups in total. The number of esters is 1. The summed E-state index contributed by atoms with van der Waals surface area (Å²) in [5, 5.41) is 0. The van der Waals surface area contributed by atoms with Crippen molar-refractivity contribution in [1.29, 1.82) is 0 Å². The molecular formula is C15H11F2NO2. The largest absolute Gasteiger partial charge is 0.465 e. The Bertz CT molecular complexity index is 651. The second-order valence-electron chi connectivity index (χ2n) is 3.96. The van der Waals surface area contributed by atoms with Crippen molar-refractivity contribution in [2.24, 2.45) is 4.99 Å². The molecule has 0 aliphatic carbocycles. The van der Waals surface area contributed by atoms with Gasteiger partial charge in [-0.05, 0) is 36.4 Å². The van der Waals surface area contributed by atoms with Crippen LogP contribution in [0.4, 0.5) is 14.5 Å². The molecule has 0 atom stereocenters. The normalized spacial score (nSPS) is 10.8. The van der Waals surface area contributed by atoms with Crippen LogP contribution in [0.2, 0.25) is 0 Å². The molecule has 2 rings (SSSR count). The van der Waals surface area contributed by atoms with Crippen LogP contribution in [-0.2, 0) is 4.74 Å². The monoisotopic (exact) mass is 275 g/mol. The van der Waals surface area contributed by atoms with Crippen molar-refractivity contribution in [3.05, 3.63) is 65.2 Å². The van der Waals surface area contributed by atoms with E-state index in [9.17, 15) is 13.6 Å². The van der Waals surface area contributed by atoms with Gasteiger partial charge in [0.05, 0.1) is 18.4 Å². The van der Waals surface area contributed by atoms with Crippen molar-refractivity contribution >= 4 is 17.9 Å². The number of methoxy groups -OCH3 is 1. The smallest absolute Gasteiger partial charge is 0.337 e. The van der Waals surface area contributed by atoms with Gasteiger partial charge in [0.2, 0.25) is 0 Å². The Kier molecular flexibility index (Phi) is 4.20. The summed E-state index contributed by atoms with van der Waals surface area (Å²) in [7, 11) is 1.30. The lowest BCUT2D eigenvalue weighted by Gasteiger charge is -1.99. The molecule has 0 aliphatic heterocycles. The molecule has 5 heteroatoms. The Balaban J connectivity index is 2.17. The lowest BCUT2D eigenvalue weighted by molar-refractivity contribution is 0.0601. The van der Waals surface area contributed by atoms with E-state index in [2.05, 4.69) is 9.73 Å². The van der Waals surface area contributed by atoms with E-state index in [4.69, 9.17) is 0 Å². The summed E-state index contributed by atoms with van der Waals surface area (Å²) in [6, 6.07) is 9.57. The van der Waals surface area contributed by atoms with E-state index in [0.29, 0.717) is 11.3 Å². The van der Waals surface area contributed by atoms with Gasteiger partial charge in [-0.15, -0.1) is 0 Å². The highest BCUT2D eigenvalue weighted by Gasteiger charge is 2.04. The number of ether oxygens (including phenoxy) is 1. The van der Waals surface area contributed by atoms with E-state index in [1.807, 2.05) is 0 Å². The van der Waals surface area contributed by atoms with Crippen molar-refractivity contribution in [1.82, 2.24) is 0 Å². The zero-order chi connectivity index (χ0) is 14.5. The van der Waals surface area contributed by atoms with Crippen molar-refractivity contribution in [2.45, 2.75) is 0 Å². The summed E-state index contributed by atoms with van der Waals surface area (Å²) in [5.74, 6) is -1.76. The minimum atomic E-state index is -0.681. The molecule has 2 aromatic rings. The summed E-state index contributed by atoms with van der Waals surface area (Å²) >= 11 is 0. The standard InChI is InChI=1S/C15H11F2NO2/c1-20-15(19)10-3-6-13(7-4-10)18-9-11-2-5-12(16)8-14(11)17/h2-9H,1H3. The highest BCUT2D eigenvalue weighted by Crippen LogP contribution is 2.15. The van der Waals surface area contributed by atoms with Crippen LogP contribution in [0.5, 0.6) is 0 Å². The van der Waals surface area contributed by atoms with Gasteiger partial charge in [-0.1, -0.05) is 0 Å². The summed E-state index contributed by atoms with van der Waals surface area (Å²) in [6.07, 6.45) is 1.29. The average molecular weight is 275 g/mol. The zero-order valence-electron chi connectivity index (χ0n) is 10.6. The highest BCUT2D eigenvalue weighted by atomic mass is 19.1. The Hall–Kier alpha value is -2.56. The van der Waals surface area contributed by atoms with E-state index in [-0.39, 0.29) is 5.56 Å². The minimum absolute atomic E-state index is 0.184. The van der Waals surface area contributed by atoms with Crippen LogP contribution < -0.4 is 0 Å². The Morgan fingerprint density at radius 2 is 1.85 bits per heavy atom. The van der Waals surface area contributed by atoms with Crippen LogP contribution in [0.1, 0.15) is 15.9 Å². The number of hydrogen-bond acceptors (Lipinski definition) is 3. The van der Waals surface area contributed by atoms with Crippen molar-refractivity contribution in [3.63, 3.8) is 0 Å². The van der Waals surface area contributed by atoms with Crippen LogP contribution >= 0.6 is 0 Å². The van der Waals surface area contributed by atoms with E-state index in [0.717, 1.165) is 12.1 Å². The molecule has 0 aliphatic rings. The van der Waals surface area contributed by atoms with Gasteiger partial charge in [-0.25, -0.2) is 13.6 Å². The molecule has 0 bridgehead atoms. The van der Waals surface area contributed by atoms with E-state index in [1.165, 1.54) is 19.4 Å². The van der Waals surface area contributed by atoms with Gasteiger partial charge in [0.25, 0.3) is 0 Å². The molecule has 0 spiro atoms. The number of carbonyl (C=O) groups is 1. The number of aliphatic imine (C=N–C) groups is 1. The van der Waals surface area contributed by atoms with Crippen molar-refractivity contribution < 1.29 is 18.3 Å². The predicted molar refractivity (Wildman–Crippen MR) is 71.4 cm³/mol. The third-order valence-corrected chi connectivity index (χ3v) is 2.60. The molecule has 3 nitrogen and oxygen atoms in total. The first kappa shape index (κ1) is 13.9. The van der Waals surface area contributed by atoms with Gasteiger partial charge in [0, 0.05) is 17.8 Å². The van der Waals surface area contributed by atoms with Crippen LogP contribution in [0, 0.1) is 11.6 Å². The topological polar surface area (TPSA) is 38.7 Å². The summed E-state index contributed by atoms with van der Waals surface area (Å²) < 4.78 is 30.7. The molecule has 0 saturated heterocycles. The maximum absolute atomic E-state index is 13.4. The number of halogens is 2. The number of rotatable bonds is 3. The van der Waals surface area contributed by atoms with Gasteiger partial charge in [0.1, 0.15) is 11.6 Å². The molecule has 0 saturated carbocycles. The molecule has 0 fully saturated rings. The fraction of sp³-hybridized carbons (Fsp3) is 0.0667. The first-order valence-electron chi connectivity index (χ1n) is 5.77. The molecule has 0 radical (unpaired) electrons. The van der Waals surface area contributed by atoms with E-state index >= 15 is 0 Å². The zero-order valence-corrected chi connectivity index (χ0v) is 10.6. The highest BCUT2D eigenvalue weighted by molar-refractivity contribution is 5.90. The first-order chi connectivity index (χ1) is 9.60. The summed E-state index contributed by atoms with van der Waals surface area (Å²) in [5.41, 5.74) is 1.13. The predicted octanol–water partition coefficient (Wildman–Crippen LogP) is 3.50. The molecule has 102 valence electrons. The van der Waals surface area contributed by atoms with Gasteiger partial charge < -0.3 is 4.74 Å². The lowest BCUT2D eigenvalue weighted by atomic mass is 10.2. The molecule has 0 amide bonds. The second kappa shape index (κ2) is 6.06. The number of nitrogens with zero attached hydrogens (tertiary/aromatic N) is 1. The molecule has 2 aromatic carbocycles. The van der Waals surface area contributed by atoms with Gasteiger partial charge in [-0.3, -0.25) is 4.99 Å². The van der Waals surface area contributed by atoms with Crippen molar-refractivity contribution in [2.75, 3.05) is 7.11 Å². The van der Waals surface area contributed by atoms with Crippen LogP contribution in [0.15, 0.2) is 47.5 Å². The lowest BCUT2D eigenvalue weighted by Crippen LogP contribution is -1.99. The Labute approximate surface area is 114 Å². The first-order valence-corrected chi connectivity index (χ1v) is 5.77. The second-order valence-corrected chi connectivity index (χ2v) is 3.96. The average Bonchev–Trinajstić information content (AvgIpc) is 2.46. The van der Waals surface area contributed by atoms with Crippen LogP contribution in [0.25, 0.3) is 0 Å². The number of hydrogen-bond donors (Lipinski definition) is 0. The molecule has 20 heavy (non-hydrogen) atoms. The van der Waals surface area contributed by atoms with E-state index < -0.39 is 17.6 Å². The Morgan fingerprint density at radius 3 is 2.45 bits per heavy atom. The SMILES string of the molecule is COC(=O)c1ccc(N=Cc2ccc(F)cc2F)cc1. The fourth-order valence-corrected chi connectivity index (χ4v) is 1.55. The van der Waals surface area contributed by atoms with Crippen LogP contribution in [0.3, 0.4) is 0 Å². The third kappa shape index (κ3) is 3.26. The Morgan fingerprint density at radius 1 is 1.15 bits per heavy atom. The van der Waals surface area contributed by atoms with E-state index in [1.54, 1.807) is 24.3 Å². The van der Waals surface area contributed by atoms with Gasteiger partial charge >= 0.3 is 5.97 Å². The maximum Gasteiger partial charge on any atom is 0.337 e.